The quantitative estimate of drug-likeness (QED) is 0.602. The summed E-state index contributed by atoms with van der Waals surface area (Å²) in [5.74, 6) is -0.259. The first-order valence-corrected chi connectivity index (χ1v) is 6.05. The average Bonchev–Trinajstić information content (AvgIpc) is 2.39. The first-order valence-electron chi connectivity index (χ1n) is 6.05. The molecule has 0 N–H and O–H groups in total. The number of hydrogen-bond acceptors (Lipinski definition) is 2. The zero-order valence-electron chi connectivity index (χ0n) is 10.6. The number of carbonyl (C=O) groups is 1. The van der Waals surface area contributed by atoms with Gasteiger partial charge in [-0.2, -0.15) is 0 Å². The summed E-state index contributed by atoms with van der Waals surface area (Å²) in [4.78, 5) is 11.5. The highest BCUT2D eigenvalue weighted by Gasteiger charge is 2.04. The number of rotatable bonds is 3. The zero-order valence-corrected chi connectivity index (χ0v) is 10.6. The second kappa shape index (κ2) is 5.50. The fourth-order valence-corrected chi connectivity index (χ4v) is 1.85. The van der Waals surface area contributed by atoms with Crippen molar-refractivity contribution in [2.24, 2.45) is 0 Å². The molecule has 0 aromatic heterocycles. The van der Waals surface area contributed by atoms with Crippen molar-refractivity contribution in [3.05, 3.63) is 53.6 Å². The molecule has 18 heavy (non-hydrogen) atoms. The van der Waals surface area contributed by atoms with Gasteiger partial charge in [-0.05, 0) is 42.3 Å². The Labute approximate surface area is 107 Å². The van der Waals surface area contributed by atoms with Crippen molar-refractivity contribution in [2.45, 2.75) is 13.8 Å². The molecule has 0 amide bonds. The van der Waals surface area contributed by atoms with Crippen molar-refractivity contribution < 1.29 is 9.53 Å². The van der Waals surface area contributed by atoms with Gasteiger partial charge < -0.3 is 4.74 Å². The van der Waals surface area contributed by atoms with E-state index in [0.717, 1.165) is 5.56 Å². The van der Waals surface area contributed by atoms with Crippen LogP contribution in [-0.4, -0.2) is 12.6 Å². The highest BCUT2D eigenvalue weighted by atomic mass is 16.5. The first kappa shape index (κ1) is 12.4. The van der Waals surface area contributed by atoms with Gasteiger partial charge in [-0.15, -0.1) is 0 Å². The van der Waals surface area contributed by atoms with E-state index < -0.39 is 0 Å². The minimum atomic E-state index is -0.259. The monoisotopic (exact) mass is 240 g/mol. The van der Waals surface area contributed by atoms with Gasteiger partial charge in [0, 0.05) is 5.57 Å². The van der Waals surface area contributed by atoms with E-state index in [1.54, 1.807) is 13.8 Å². The highest BCUT2D eigenvalue weighted by molar-refractivity contribution is 5.94. The normalized spacial score (nSPS) is 11.6. The van der Waals surface area contributed by atoms with Crippen molar-refractivity contribution in [3.63, 3.8) is 0 Å². The standard InChI is InChI=1S/C16H16O2/c1-3-18-16(17)12(2)10-13-8-9-14-6-4-5-7-15(14)11-13/h4-11H,3H2,1-2H3/b12-10+. The molecule has 0 fully saturated rings. The van der Waals surface area contributed by atoms with Gasteiger partial charge in [0.25, 0.3) is 0 Å². The SMILES string of the molecule is CCOC(=O)/C(C)=C/c1ccc2ccccc2c1. The number of ether oxygens (including phenoxy) is 1. The van der Waals surface area contributed by atoms with Gasteiger partial charge >= 0.3 is 5.97 Å². The van der Waals surface area contributed by atoms with E-state index in [0.29, 0.717) is 12.2 Å². The van der Waals surface area contributed by atoms with Crippen molar-refractivity contribution in [2.75, 3.05) is 6.61 Å². The Balaban J connectivity index is 2.31. The Kier molecular flexibility index (Phi) is 3.78. The largest absolute Gasteiger partial charge is 0.463 e. The summed E-state index contributed by atoms with van der Waals surface area (Å²) < 4.78 is 4.96. The third-order valence-electron chi connectivity index (χ3n) is 2.75. The maximum Gasteiger partial charge on any atom is 0.333 e. The maximum atomic E-state index is 11.5. The molecule has 0 spiro atoms. The number of benzene rings is 2. The lowest BCUT2D eigenvalue weighted by atomic mass is 10.1. The molecule has 0 atom stereocenters. The van der Waals surface area contributed by atoms with Gasteiger partial charge in [-0.3, -0.25) is 0 Å². The molecular weight excluding hydrogens is 224 g/mol. The van der Waals surface area contributed by atoms with Crippen molar-refractivity contribution in [1.29, 1.82) is 0 Å². The lowest BCUT2D eigenvalue weighted by Crippen LogP contribution is -2.04. The van der Waals surface area contributed by atoms with Gasteiger partial charge in [0.15, 0.2) is 0 Å². The van der Waals surface area contributed by atoms with Crippen LogP contribution < -0.4 is 0 Å². The summed E-state index contributed by atoms with van der Waals surface area (Å²) in [6.45, 7) is 3.98. The second-order valence-electron chi connectivity index (χ2n) is 4.15. The molecule has 92 valence electrons. The molecular formula is C16H16O2. The summed E-state index contributed by atoms with van der Waals surface area (Å²) in [6.07, 6.45) is 1.85. The maximum absolute atomic E-state index is 11.5. The van der Waals surface area contributed by atoms with Gasteiger partial charge in [0.05, 0.1) is 6.61 Å². The Morgan fingerprint density at radius 2 is 1.89 bits per heavy atom. The predicted octanol–water partition coefficient (Wildman–Crippen LogP) is 3.81. The lowest BCUT2D eigenvalue weighted by Gasteiger charge is -2.03. The molecule has 0 aliphatic carbocycles. The van der Waals surface area contributed by atoms with Gasteiger partial charge in [-0.25, -0.2) is 4.79 Å². The molecule has 0 saturated heterocycles. The molecule has 0 saturated carbocycles. The van der Waals surface area contributed by atoms with Crippen LogP contribution in [0.2, 0.25) is 0 Å². The summed E-state index contributed by atoms with van der Waals surface area (Å²) in [7, 11) is 0. The predicted molar refractivity (Wildman–Crippen MR) is 74.2 cm³/mol. The van der Waals surface area contributed by atoms with E-state index in [2.05, 4.69) is 24.3 Å². The van der Waals surface area contributed by atoms with Crippen LogP contribution in [-0.2, 0) is 9.53 Å². The third kappa shape index (κ3) is 2.77. The van der Waals surface area contributed by atoms with Crippen LogP contribution in [0, 0.1) is 0 Å². The average molecular weight is 240 g/mol. The van der Waals surface area contributed by atoms with Crippen LogP contribution in [0.15, 0.2) is 48.0 Å². The molecule has 2 rings (SSSR count). The van der Waals surface area contributed by atoms with E-state index in [9.17, 15) is 4.79 Å². The van der Waals surface area contributed by atoms with Crippen LogP contribution in [0.5, 0.6) is 0 Å². The molecule has 0 heterocycles. The molecule has 2 aromatic carbocycles. The zero-order chi connectivity index (χ0) is 13.0. The number of hydrogen-bond donors (Lipinski definition) is 0. The summed E-state index contributed by atoms with van der Waals surface area (Å²) >= 11 is 0. The summed E-state index contributed by atoms with van der Waals surface area (Å²) in [5, 5.41) is 2.37. The molecule has 0 radical (unpaired) electrons. The Morgan fingerprint density at radius 1 is 1.17 bits per heavy atom. The van der Waals surface area contributed by atoms with E-state index in [4.69, 9.17) is 4.74 Å². The van der Waals surface area contributed by atoms with E-state index in [-0.39, 0.29) is 5.97 Å². The lowest BCUT2D eigenvalue weighted by molar-refractivity contribution is -0.138. The molecule has 0 aliphatic rings. The van der Waals surface area contributed by atoms with Crippen molar-refractivity contribution in [3.8, 4) is 0 Å². The number of carbonyl (C=O) groups excluding carboxylic acids is 1. The third-order valence-corrected chi connectivity index (χ3v) is 2.75. The Hall–Kier alpha value is -2.09. The fourth-order valence-electron chi connectivity index (χ4n) is 1.85. The van der Waals surface area contributed by atoms with Crippen LogP contribution in [0.3, 0.4) is 0 Å². The van der Waals surface area contributed by atoms with E-state index in [1.807, 2.05) is 24.3 Å². The molecule has 2 nitrogen and oxygen atoms in total. The first-order chi connectivity index (χ1) is 8.70. The topological polar surface area (TPSA) is 26.3 Å². The Morgan fingerprint density at radius 3 is 2.61 bits per heavy atom. The van der Waals surface area contributed by atoms with Gasteiger partial charge in [0.2, 0.25) is 0 Å². The molecule has 2 heteroatoms. The van der Waals surface area contributed by atoms with Gasteiger partial charge in [0.1, 0.15) is 0 Å². The van der Waals surface area contributed by atoms with Crippen LogP contribution in [0.4, 0.5) is 0 Å². The van der Waals surface area contributed by atoms with Crippen molar-refractivity contribution >= 4 is 22.8 Å². The van der Waals surface area contributed by atoms with Crippen LogP contribution >= 0.6 is 0 Å². The number of esters is 1. The second-order valence-corrected chi connectivity index (χ2v) is 4.15. The fraction of sp³-hybridized carbons (Fsp3) is 0.188. The number of fused-ring (bicyclic) bond motifs is 1. The summed E-state index contributed by atoms with van der Waals surface area (Å²) in [6, 6.07) is 14.3. The summed E-state index contributed by atoms with van der Waals surface area (Å²) in [5.41, 5.74) is 1.63. The van der Waals surface area contributed by atoms with Crippen molar-refractivity contribution in [1.82, 2.24) is 0 Å². The van der Waals surface area contributed by atoms with Gasteiger partial charge in [-0.1, -0.05) is 36.4 Å². The minimum absolute atomic E-state index is 0.259. The molecule has 2 aromatic rings. The van der Waals surface area contributed by atoms with Crippen LogP contribution in [0.1, 0.15) is 19.4 Å². The highest BCUT2D eigenvalue weighted by Crippen LogP contribution is 2.17. The van der Waals surface area contributed by atoms with Crippen LogP contribution in [0.25, 0.3) is 16.8 Å². The van der Waals surface area contributed by atoms with E-state index >= 15 is 0 Å². The Bertz CT molecular complexity index is 597. The molecule has 0 unspecified atom stereocenters. The molecule has 0 bridgehead atoms. The smallest absolute Gasteiger partial charge is 0.333 e. The van der Waals surface area contributed by atoms with E-state index in [1.165, 1.54) is 10.8 Å². The minimum Gasteiger partial charge on any atom is -0.463 e. The molecule has 0 aliphatic heterocycles.